The largest absolute Gasteiger partial charge is 0.508 e. The summed E-state index contributed by atoms with van der Waals surface area (Å²) < 4.78 is 5.12. The number of piperidine rings is 1. The molecule has 0 amide bonds. The molecule has 2 rings (SSSR count). The molecule has 1 aromatic rings. The Morgan fingerprint density at radius 3 is 2.70 bits per heavy atom. The Balaban J connectivity index is 1.84. The molecule has 0 unspecified atom stereocenters. The Morgan fingerprint density at radius 2 is 2.11 bits per heavy atom. The monoisotopic (exact) mass is 374 g/mol. The molecule has 3 N–H and O–H groups in total. The van der Waals surface area contributed by atoms with Gasteiger partial charge in [-0.05, 0) is 44.7 Å². The van der Waals surface area contributed by atoms with Crippen LogP contribution in [0.3, 0.4) is 0 Å². The standard InChI is InChI=1S/C21H34N4O2/c1-5-22-21(24-18-9-12-25(13-10-18)15-16(2)3)23-11-8-17-6-7-19(27-4)14-20(17)26/h6-7,14,18,26H,2,5,8-13,15H2,1,3-4H3,(H2,22,23,24). The molecule has 1 aliphatic heterocycles. The number of hydrogen-bond donors (Lipinski definition) is 3. The molecular formula is C21H34N4O2. The van der Waals surface area contributed by atoms with Crippen molar-refractivity contribution >= 4 is 5.96 Å². The molecule has 6 nitrogen and oxygen atoms in total. The first-order chi connectivity index (χ1) is 13.0. The molecule has 0 bridgehead atoms. The van der Waals surface area contributed by atoms with Crippen LogP contribution in [-0.4, -0.2) is 61.8 Å². The maximum atomic E-state index is 10.1. The Morgan fingerprint density at radius 1 is 1.37 bits per heavy atom. The number of aromatic hydroxyl groups is 1. The zero-order valence-corrected chi connectivity index (χ0v) is 16.9. The summed E-state index contributed by atoms with van der Waals surface area (Å²) in [5, 5.41) is 16.9. The number of hydrogen-bond acceptors (Lipinski definition) is 4. The fraction of sp³-hybridized carbons (Fsp3) is 0.571. The number of ether oxygens (including phenoxy) is 1. The number of rotatable bonds is 8. The SMILES string of the molecule is C=C(C)CN1CCC(NC(=NCCc2ccc(OC)cc2O)NCC)CC1. The molecule has 150 valence electrons. The van der Waals surface area contributed by atoms with Crippen molar-refractivity contribution in [3.63, 3.8) is 0 Å². The van der Waals surface area contributed by atoms with E-state index in [9.17, 15) is 5.11 Å². The highest BCUT2D eigenvalue weighted by Gasteiger charge is 2.19. The zero-order valence-electron chi connectivity index (χ0n) is 16.9. The molecule has 0 saturated carbocycles. The molecule has 1 aromatic carbocycles. The van der Waals surface area contributed by atoms with Crippen molar-refractivity contribution in [2.75, 3.05) is 39.8 Å². The summed E-state index contributed by atoms with van der Waals surface area (Å²) in [6.45, 7) is 12.8. The molecule has 0 atom stereocenters. The molecular weight excluding hydrogens is 340 g/mol. The Hall–Kier alpha value is -2.21. The minimum absolute atomic E-state index is 0.257. The van der Waals surface area contributed by atoms with E-state index in [0.717, 1.165) is 50.5 Å². The topological polar surface area (TPSA) is 69.1 Å². The lowest BCUT2D eigenvalue weighted by Crippen LogP contribution is -2.48. The first kappa shape index (κ1) is 21.1. The summed E-state index contributed by atoms with van der Waals surface area (Å²) in [5.74, 6) is 1.77. The van der Waals surface area contributed by atoms with Gasteiger partial charge < -0.3 is 20.5 Å². The number of nitrogens with zero attached hydrogens (tertiary/aromatic N) is 2. The summed E-state index contributed by atoms with van der Waals surface area (Å²) in [6, 6.07) is 5.84. The van der Waals surface area contributed by atoms with E-state index in [-0.39, 0.29) is 5.75 Å². The summed E-state index contributed by atoms with van der Waals surface area (Å²) >= 11 is 0. The summed E-state index contributed by atoms with van der Waals surface area (Å²) in [6.07, 6.45) is 2.90. The average Bonchev–Trinajstić information content (AvgIpc) is 2.64. The zero-order chi connectivity index (χ0) is 19.6. The van der Waals surface area contributed by atoms with Crippen LogP contribution in [0.15, 0.2) is 35.3 Å². The number of phenolic OH excluding ortho intramolecular Hbond substituents is 1. The van der Waals surface area contributed by atoms with E-state index in [1.807, 2.05) is 12.1 Å². The lowest BCUT2D eigenvalue weighted by molar-refractivity contribution is 0.221. The maximum absolute atomic E-state index is 10.1. The van der Waals surface area contributed by atoms with Gasteiger partial charge in [-0.2, -0.15) is 0 Å². The van der Waals surface area contributed by atoms with Crippen molar-refractivity contribution in [2.24, 2.45) is 4.99 Å². The smallest absolute Gasteiger partial charge is 0.191 e. The van der Waals surface area contributed by atoms with Gasteiger partial charge in [0.2, 0.25) is 0 Å². The molecule has 0 aromatic heterocycles. The predicted molar refractivity (Wildman–Crippen MR) is 112 cm³/mol. The van der Waals surface area contributed by atoms with Crippen LogP contribution in [0.5, 0.6) is 11.5 Å². The van der Waals surface area contributed by atoms with Gasteiger partial charge in [-0.3, -0.25) is 9.89 Å². The molecule has 6 heteroatoms. The van der Waals surface area contributed by atoms with Crippen LogP contribution < -0.4 is 15.4 Å². The highest BCUT2D eigenvalue weighted by Crippen LogP contribution is 2.23. The van der Waals surface area contributed by atoms with E-state index >= 15 is 0 Å². The fourth-order valence-corrected chi connectivity index (χ4v) is 3.30. The van der Waals surface area contributed by atoms with Crippen molar-refractivity contribution in [2.45, 2.75) is 39.2 Å². The number of nitrogens with one attached hydrogen (secondary N) is 2. The van der Waals surface area contributed by atoms with Gasteiger partial charge in [0, 0.05) is 44.8 Å². The molecule has 1 aliphatic rings. The molecule has 27 heavy (non-hydrogen) atoms. The highest BCUT2D eigenvalue weighted by atomic mass is 16.5. The van der Waals surface area contributed by atoms with Crippen molar-refractivity contribution in [3.8, 4) is 11.5 Å². The van der Waals surface area contributed by atoms with Crippen LogP contribution in [0.4, 0.5) is 0 Å². The van der Waals surface area contributed by atoms with Gasteiger partial charge in [-0.25, -0.2) is 0 Å². The third-order valence-electron chi connectivity index (χ3n) is 4.71. The van der Waals surface area contributed by atoms with Crippen LogP contribution in [0.1, 0.15) is 32.3 Å². The molecule has 0 aliphatic carbocycles. The number of likely N-dealkylation sites (tertiary alicyclic amines) is 1. The van der Waals surface area contributed by atoms with Crippen LogP contribution in [-0.2, 0) is 6.42 Å². The summed E-state index contributed by atoms with van der Waals surface area (Å²) in [5.41, 5.74) is 2.10. The van der Waals surface area contributed by atoms with Gasteiger partial charge in [0.05, 0.1) is 7.11 Å². The van der Waals surface area contributed by atoms with Crippen molar-refractivity contribution in [3.05, 3.63) is 35.9 Å². The Labute approximate surface area is 163 Å². The second-order valence-corrected chi connectivity index (χ2v) is 7.16. The fourth-order valence-electron chi connectivity index (χ4n) is 3.30. The second-order valence-electron chi connectivity index (χ2n) is 7.16. The van der Waals surface area contributed by atoms with Crippen molar-refractivity contribution < 1.29 is 9.84 Å². The molecule has 1 heterocycles. The first-order valence-electron chi connectivity index (χ1n) is 9.79. The normalized spacial score (nSPS) is 16.2. The quantitative estimate of drug-likeness (QED) is 0.371. The van der Waals surface area contributed by atoms with E-state index in [2.05, 4.69) is 41.0 Å². The highest BCUT2D eigenvalue weighted by molar-refractivity contribution is 5.80. The van der Waals surface area contributed by atoms with E-state index in [0.29, 0.717) is 24.8 Å². The number of benzene rings is 1. The second kappa shape index (κ2) is 10.8. The van der Waals surface area contributed by atoms with Crippen LogP contribution >= 0.6 is 0 Å². The van der Waals surface area contributed by atoms with E-state index < -0.39 is 0 Å². The summed E-state index contributed by atoms with van der Waals surface area (Å²) in [7, 11) is 1.59. The number of methoxy groups -OCH3 is 1. The molecule has 1 fully saturated rings. The van der Waals surface area contributed by atoms with Crippen molar-refractivity contribution in [1.29, 1.82) is 0 Å². The van der Waals surface area contributed by atoms with E-state index in [4.69, 9.17) is 4.74 Å². The number of phenols is 1. The third kappa shape index (κ3) is 7.13. The molecule has 0 radical (unpaired) electrons. The van der Waals surface area contributed by atoms with E-state index in [1.54, 1.807) is 13.2 Å². The van der Waals surface area contributed by atoms with Gasteiger partial charge in [-0.15, -0.1) is 0 Å². The minimum atomic E-state index is 0.257. The van der Waals surface area contributed by atoms with Gasteiger partial charge >= 0.3 is 0 Å². The minimum Gasteiger partial charge on any atom is -0.508 e. The number of guanidine groups is 1. The molecule has 0 spiro atoms. The number of aliphatic imine (C=N–C) groups is 1. The van der Waals surface area contributed by atoms with Gasteiger partial charge in [0.1, 0.15) is 11.5 Å². The summed E-state index contributed by atoms with van der Waals surface area (Å²) in [4.78, 5) is 7.13. The third-order valence-corrected chi connectivity index (χ3v) is 4.71. The first-order valence-corrected chi connectivity index (χ1v) is 9.79. The van der Waals surface area contributed by atoms with Gasteiger partial charge in [-0.1, -0.05) is 18.2 Å². The molecule has 1 saturated heterocycles. The lowest BCUT2D eigenvalue weighted by atomic mass is 10.0. The maximum Gasteiger partial charge on any atom is 0.191 e. The van der Waals surface area contributed by atoms with Crippen molar-refractivity contribution in [1.82, 2.24) is 15.5 Å². The predicted octanol–water partition coefficient (Wildman–Crippen LogP) is 2.54. The Kier molecular flexibility index (Phi) is 8.45. The van der Waals surface area contributed by atoms with Crippen LogP contribution in [0.2, 0.25) is 0 Å². The van der Waals surface area contributed by atoms with E-state index in [1.165, 1.54) is 5.57 Å². The lowest BCUT2D eigenvalue weighted by Gasteiger charge is -2.33. The Bertz CT molecular complexity index is 637. The van der Waals surface area contributed by atoms with Crippen LogP contribution in [0.25, 0.3) is 0 Å². The average molecular weight is 375 g/mol. The van der Waals surface area contributed by atoms with Crippen LogP contribution in [0, 0.1) is 0 Å². The van der Waals surface area contributed by atoms with Gasteiger partial charge in [0.25, 0.3) is 0 Å². The van der Waals surface area contributed by atoms with Gasteiger partial charge in [0.15, 0.2) is 5.96 Å².